The van der Waals surface area contributed by atoms with Crippen molar-refractivity contribution in [1.29, 1.82) is 0 Å². The molecule has 0 aliphatic carbocycles. The lowest BCUT2D eigenvalue weighted by atomic mass is 10.0. The van der Waals surface area contributed by atoms with Gasteiger partial charge in [0, 0.05) is 6.04 Å². The van der Waals surface area contributed by atoms with E-state index in [1.807, 2.05) is 19.9 Å². The van der Waals surface area contributed by atoms with E-state index in [9.17, 15) is 4.39 Å². The maximum Gasteiger partial charge on any atom is 0.165 e. The van der Waals surface area contributed by atoms with Crippen molar-refractivity contribution in [2.45, 2.75) is 32.7 Å². The van der Waals surface area contributed by atoms with Crippen molar-refractivity contribution in [2.75, 3.05) is 6.61 Å². The van der Waals surface area contributed by atoms with Crippen LogP contribution in [0.5, 0.6) is 5.75 Å². The molecule has 1 rings (SSSR count). The van der Waals surface area contributed by atoms with E-state index in [0.717, 1.165) is 12.0 Å². The highest BCUT2D eigenvalue weighted by molar-refractivity contribution is 5.85. The molecule has 2 N–H and O–H groups in total. The topological polar surface area (TPSA) is 35.2 Å². The van der Waals surface area contributed by atoms with E-state index in [1.165, 1.54) is 6.07 Å². The van der Waals surface area contributed by atoms with Gasteiger partial charge in [-0.15, -0.1) is 12.4 Å². The Labute approximate surface area is 102 Å². The number of benzene rings is 1. The van der Waals surface area contributed by atoms with E-state index in [4.69, 9.17) is 10.5 Å². The normalized spacial score (nSPS) is 11.8. The molecule has 0 aliphatic rings. The van der Waals surface area contributed by atoms with Gasteiger partial charge in [0.05, 0.1) is 6.61 Å². The van der Waals surface area contributed by atoms with Gasteiger partial charge in [-0.1, -0.05) is 13.0 Å². The van der Waals surface area contributed by atoms with Gasteiger partial charge in [-0.05, 0) is 37.5 Å². The summed E-state index contributed by atoms with van der Waals surface area (Å²) in [5.74, 6) is 0.00368. The number of ether oxygens (including phenoxy) is 1. The molecule has 0 saturated heterocycles. The SMILES string of the molecule is CCOc1ccc(CC(N)CC)cc1F.Cl. The Hall–Kier alpha value is -0.800. The highest BCUT2D eigenvalue weighted by Crippen LogP contribution is 2.19. The summed E-state index contributed by atoms with van der Waals surface area (Å²) in [5.41, 5.74) is 6.72. The summed E-state index contributed by atoms with van der Waals surface area (Å²) in [7, 11) is 0. The lowest BCUT2D eigenvalue weighted by molar-refractivity contribution is 0.321. The van der Waals surface area contributed by atoms with E-state index in [2.05, 4.69) is 0 Å². The van der Waals surface area contributed by atoms with Crippen LogP contribution < -0.4 is 10.5 Å². The molecule has 0 spiro atoms. The molecule has 0 aromatic heterocycles. The van der Waals surface area contributed by atoms with Gasteiger partial charge in [-0.2, -0.15) is 0 Å². The van der Waals surface area contributed by atoms with Gasteiger partial charge in [-0.25, -0.2) is 4.39 Å². The van der Waals surface area contributed by atoms with Crippen molar-refractivity contribution in [1.82, 2.24) is 0 Å². The van der Waals surface area contributed by atoms with Crippen molar-refractivity contribution in [2.24, 2.45) is 5.73 Å². The average molecular weight is 248 g/mol. The fourth-order valence-corrected chi connectivity index (χ4v) is 1.39. The number of hydrogen-bond acceptors (Lipinski definition) is 2. The molecule has 0 heterocycles. The van der Waals surface area contributed by atoms with Crippen LogP contribution in [0.3, 0.4) is 0 Å². The summed E-state index contributed by atoms with van der Waals surface area (Å²) in [6, 6.07) is 5.13. The number of halogens is 2. The van der Waals surface area contributed by atoms with Crippen LogP contribution in [-0.4, -0.2) is 12.6 Å². The highest BCUT2D eigenvalue weighted by atomic mass is 35.5. The molecule has 1 aromatic rings. The third-order valence-corrected chi connectivity index (χ3v) is 2.32. The number of rotatable bonds is 5. The summed E-state index contributed by atoms with van der Waals surface area (Å²) in [6.07, 6.45) is 1.61. The molecule has 2 nitrogen and oxygen atoms in total. The van der Waals surface area contributed by atoms with Crippen LogP contribution in [0.2, 0.25) is 0 Å². The zero-order valence-electron chi connectivity index (χ0n) is 9.70. The minimum Gasteiger partial charge on any atom is -0.491 e. The molecule has 16 heavy (non-hydrogen) atoms. The minimum atomic E-state index is -0.308. The summed E-state index contributed by atoms with van der Waals surface area (Å²) in [6.45, 7) is 4.33. The zero-order valence-corrected chi connectivity index (χ0v) is 10.5. The minimum absolute atomic E-state index is 0. The van der Waals surface area contributed by atoms with E-state index >= 15 is 0 Å². The Morgan fingerprint density at radius 2 is 2.06 bits per heavy atom. The largest absolute Gasteiger partial charge is 0.491 e. The second kappa shape index (κ2) is 7.47. The van der Waals surface area contributed by atoms with Crippen molar-refractivity contribution in [3.05, 3.63) is 29.6 Å². The monoisotopic (exact) mass is 247 g/mol. The zero-order chi connectivity index (χ0) is 11.3. The van der Waals surface area contributed by atoms with Gasteiger partial charge >= 0.3 is 0 Å². The Morgan fingerprint density at radius 1 is 1.38 bits per heavy atom. The first-order valence-corrected chi connectivity index (χ1v) is 5.34. The molecule has 1 atom stereocenters. The molecule has 92 valence electrons. The van der Waals surface area contributed by atoms with Gasteiger partial charge < -0.3 is 10.5 Å². The van der Waals surface area contributed by atoms with Gasteiger partial charge in [-0.3, -0.25) is 0 Å². The second-order valence-corrected chi connectivity index (χ2v) is 3.57. The second-order valence-electron chi connectivity index (χ2n) is 3.57. The third-order valence-electron chi connectivity index (χ3n) is 2.32. The van der Waals surface area contributed by atoms with Gasteiger partial charge in [0.15, 0.2) is 11.6 Å². The standard InChI is InChI=1S/C12H18FNO.ClH/c1-3-10(14)7-9-5-6-12(15-4-2)11(13)8-9;/h5-6,8,10H,3-4,7,14H2,1-2H3;1H. The van der Waals surface area contributed by atoms with Crippen molar-refractivity contribution >= 4 is 12.4 Å². The first-order valence-electron chi connectivity index (χ1n) is 5.34. The molecule has 0 radical (unpaired) electrons. The van der Waals surface area contributed by atoms with E-state index in [1.54, 1.807) is 6.07 Å². The van der Waals surface area contributed by atoms with Crippen molar-refractivity contribution < 1.29 is 9.13 Å². The third kappa shape index (κ3) is 4.37. The van der Waals surface area contributed by atoms with Crippen LogP contribution in [-0.2, 0) is 6.42 Å². The molecule has 0 amide bonds. The maximum absolute atomic E-state index is 13.4. The molecule has 1 unspecified atom stereocenters. The molecule has 0 bridgehead atoms. The van der Waals surface area contributed by atoms with Crippen LogP contribution in [0.25, 0.3) is 0 Å². The molecule has 0 saturated carbocycles. The van der Waals surface area contributed by atoms with E-state index in [0.29, 0.717) is 18.8 Å². The Bertz CT molecular complexity index is 320. The van der Waals surface area contributed by atoms with Gasteiger partial charge in [0.25, 0.3) is 0 Å². The van der Waals surface area contributed by atoms with Crippen LogP contribution in [0.1, 0.15) is 25.8 Å². The van der Waals surface area contributed by atoms with Crippen LogP contribution in [0, 0.1) is 5.82 Å². The lowest BCUT2D eigenvalue weighted by Gasteiger charge is -2.10. The lowest BCUT2D eigenvalue weighted by Crippen LogP contribution is -2.21. The molecule has 0 fully saturated rings. The van der Waals surface area contributed by atoms with Gasteiger partial charge in [0.2, 0.25) is 0 Å². The predicted molar refractivity (Wildman–Crippen MR) is 66.8 cm³/mol. The Morgan fingerprint density at radius 3 is 2.56 bits per heavy atom. The highest BCUT2D eigenvalue weighted by Gasteiger charge is 2.06. The van der Waals surface area contributed by atoms with E-state index < -0.39 is 0 Å². The van der Waals surface area contributed by atoms with Crippen LogP contribution in [0.4, 0.5) is 4.39 Å². The maximum atomic E-state index is 13.4. The first-order chi connectivity index (χ1) is 7.17. The molecule has 1 aromatic carbocycles. The fraction of sp³-hybridized carbons (Fsp3) is 0.500. The fourth-order valence-electron chi connectivity index (χ4n) is 1.39. The first kappa shape index (κ1) is 15.2. The Balaban J connectivity index is 0.00000225. The number of hydrogen-bond donors (Lipinski definition) is 1. The van der Waals surface area contributed by atoms with Gasteiger partial charge in [0.1, 0.15) is 0 Å². The van der Waals surface area contributed by atoms with E-state index in [-0.39, 0.29) is 24.3 Å². The van der Waals surface area contributed by atoms with Crippen molar-refractivity contribution in [3.8, 4) is 5.75 Å². The summed E-state index contributed by atoms with van der Waals surface area (Å²) >= 11 is 0. The van der Waals surface area contributed by atoms with Crippen molar-refractivity contribution in [3.63, 3.8) is 0 Å². The smallest absolute Gasteiger partial charge is 0.165 e. The quantitative estimate of drug-likeness (QED) is 0.868. The predicted octanol–water partition coefficient (Wildman–Crippen LogP) is 2.93. The number of nitrogens with two attached hydrogens (primary N) is 1. The van der Waals surface area contributed by atoms with Crippen LogP contribution in [0.15, 0.2) is 18.2 Å². The molecular formula is C12H19ClFNO. The van der Waals surface area contributed by atoms with Crippen LogP contribution >= 0.6 is 12.4 Å². The summed E-state index contributed by atoms with van der Waals surface area (Å²) in [4.78, 5) is 0. The Kier molecular flexibility index (Phi) is 7.10. The summed E-state index contributed by atoms with van der Waals surface area (Å²) in [5, 5.41) is 0. The molecule has 4 heteroatoms. The summed E-state index contributed by atoms with van der Waals surface area (Å²) < 4.78 is 18.5. The average Bonchev–Trinajstić information content (AvgIpc) is 2.22. The molecule has 0 aliphatic heterocycles. The molecular weight excluding hydrogens is 229 g/mol.